The lowest BCUT2D eigenvalue weighted by Gasteiger charge is -2.03. The van der Waals surface area contributed by atoms with Crippen molar-refractivity contribution in [3.63, 3.8) is 0 Å². The van der Waals surface area contributed by atoms with Crippen molar-refractivity contribution in [1.29, 1.82) is 0 Å². The Labute approximate surface area is 63.0 Å². The van der Waals surface area contributed by atoms with E-state index in [-0.39, 0.29) is 0 Å². The van der Waals surface area contributed by atoms with Crippen LogP contribution in [0.2, 0.25) is 0 Å². The Hall–Kier alpha value is -1.32. The third-order valence-corrected chi connectivity index (χ3v) is 1.22. The molecule has 0 unspecified atom stereocenters. The van der Waals surface area contributed by atoms with Crippen LogP contribution in [0.25, 0.3) is 0 Å². The smallest absolute Gasteiger partial charge is 0.0133 e. The normalized spacial score (nSPS) is 7.80. The largest absolute Gasteiger partial charge is 0.120 e. The highest BCUT2D eigenvalue weighted by molar-refractivity contribution is 4.98. The van der Waals surface area contributed by atoms with Crippen molar-refractivity contribution in [2.45, 2.75) is 19.3 Å². The van der Waals surface area contributed by atoms with E-state index >= 15 is 0 Å². The SMILES string of the molecule is C#CCC(CC#C)CC#C. The topological polar surface area (TPSA) is 0 Å². The Morgan fingerprint density at radius 1 is 0.800 bits per heavy atom. The Morgan fingerprint density at radius 2 is 1.10 bits per heavy atom. The molecule has 10 heavy (non-hydrogen) atoms. The second kappa shape index (κ2) is 5.81. The van der Waals surface area contributed by atoms with Gasteiger partial charge in [-0.1, -0.05) is 0 Å². The summed E-state index contributed by atoms with van der Waals surface area (Å²) in [4.78, 5) is 0. The van der Waals surface area contributed by atoms with Gasteiger partial charge in [-0.2, -0.15) is 0 Å². The summed E-state index contributed by atoms with van der Waals surface area (Å²) in [5.41, 5.74) is 0. The Morgan fingerprint density at radius 3 is 1.30 bits per heavy atom. The van der Waals surface area contributed by atoms with Crippen LogP contribution >= 0.6 is 0 Å². The molecule has 0 bridgehead atoms. The van der Waals surface area contributed by atoms with E-state index in [4.69, 9.17) is 19.3 Å². The maximum Gasteiger partial charge on any atom is 0.0133 e. The fourth-order valence-corrected chi connectivity index (χ4v) is 0.717. The average molecular weight is 130 g/mol. The standard InChI is InChI=1S/C10H10/c1-4-7-10(8-5-2)9-6-3/h1-3,10H,7-9H2. The summed E-state index contributed by atoms with van der Waals surface area (Å²) in [6.45, 7) is 0. The van der Waals surface area contributed by atoms with E-state index in [1.54, 1.807) is 0 Å². The molecule has 0 aliphatic carbocycles. The zero-order valence-electron chi connectivity index (χ0n) is 5.93. The molecule has 0 aromatic heterocycles. The Kier molecular flexibility index (Phi) is 5.04. The van der Waals surface area contributed by atoms with Crippen molar-refractivity contribution in [1.82, 2.24) is 0 Å². The lowest BCUT2D eigenvalue weighted by Crippen LogP contribution is -1.95. The van der Waals surface area contributed by atoms with E-state index in [1.807, 2.05) is 0 Å². The van der Waals surface area contributed by atoms with Crippen LogP contribution in [0.5, 0.6) is 0 Å². The quantitative estimate of drug-likeness (QED) is 0.510. The molecule has 0 N–H and O–H groups in total. The van der Waals surface area contributed by atoms with Gasteiger partial charge in [0.15, 0.2) is 0 Å². The number of hydrogen-bond acceptors (Lipinski definition) is 0. The first-order valence-electron chi connectivity index (χ1n) is 3.15. The van der Waals surface area contributed by atoms with E-state index in [0.29, 0.717) is 25.2 Å². The van der Waals surface area contributed by atoms with Gasteiger partial charge in [-0.05, 0) is 5.92 Å². The number of terminal acetylenes is 3. The summed E-state index contributed by atoms with van der Waals surface area (Å²) in [6, 6.07) is 0. The van der Waals surface area contributed by atoms with E-state index in [9.17, 15) is 0 Å². The van der Waals surface area contributed by atoms with Gasteiger partial charge in [0, 0.05) is 19.3 Å². The molecule has 0 heterocycles. The summed E-state index contributed by atoms with van der Waals surface area (Å²) >= 11 is 0. The van der Waals surface area contributed by atoms with Gasteiger partial charge < -0.3 is 0 Å². The first kappa shape index (κ1) is 8.68. The molecule has 0 fully saturated rings. The highest BCUT2D eigenvalue weighted by Crippen LogP contribution is 2.10. The number of rotatable bonds is 3. The lowest BCUT2D eigenvalue weighted by molar-refractivity contribution is 0.577. The summed E-state index contributed by atoms with van der Waals surface area (Å²) in [7, 11) is 0. The maximum absolute atomic E-state index is 5.10. The fourth-order valence-electron chi connectivity index (χ4n) is 0.717. The Bertz CT molecular complexity index is 154. The predicted octanol–water partition coefficient (Wildman–Crippen LogP) is 1.67. The summed E-state index contributed by atoms with van der Waals surface area (Å²) in [5.74, 6) is 7.96. The van der Waals surface area contributed by atoms with Crippen LogP contribution < -0.4 is 0 Å². The van der Waals surface area contributed by atoms with Gasteiger partial charge in [0.05, 0.1) is 0 Å². The van der Waals surface area contributed by atoms with Gasteiger partial charge in [-0.3, -0.25) is 0 Å². The third-order valence-electron chi connectivity index (χ3n) is 1.22. The van der Waals surface area contributed by atoms with Crippen LogP contribution in [0.15, 0.2) is 0 Å². The zero-order valence-corrected chi connectivity index (χ0v) is 5.93. The van der Waals surface area contributed by atoms with Crippen LogP contribution in [0.3, 0.4) is 0 Å². The van der Waals surface area contributed by atoms with Crippen molar-refractivity contribution in [2.24, 2.45) is 5.92 Å². The van der Waals surface area contributed by atoms with Crippen molar-refractivity contribution < 1.29 is 0 Å². The molecule has 0 aromatic carbocycles. The van der Waals surface area contributed by atoms with Crippen molar-refractivity contribution in [2.75, 3.05) is 0 Å². The highest BCUT2D eigenvalue weighted by Gasteiger charge is 2.01. The second-order valence-electron chi connectivity index (χ2n) is 2.09. The molecule has 50 valence electrons. The van der Waals surface area contributed by atoms with Gasteiger partial charge in [-0.15, -0.1) is 37.0 Å². The van der Waals surface area contributed by atoms with Crippen molar-refractivity contribution >= 4 is 0 Å². The van der Waals surface area contributed by atoms with Gasteiger partial charge >= 0.3 is 0 Å². The summed E-state index contributed by atoms with van der Waals surface area (Å²) in [6.07, 6.45) is 17.4. The van der Waals surface area contributed by atoms with Crippen LogP contribution in [-0.2, 0) is 0 Å². The summed E-state index contributed by atoms with van der Waals surface area (Å²) < 4.78 is 0. The predicted molar refractivity (Wildman–Crippen MR) is 43.8 cm³/mol. The Balaban J connectivity index is 3.68. The molecule has 0 saturated heterocycles. The minimum Gasteiger partial charge on any atom is -0.120 e. The maximum atomic E-state index is 5.10. The first-order chi connectivity index (χ1) is 4.85. The monoisotopic (exact) mass is 130 g/mol. The molecule has 0 amide bonds. The minimum absolute atomic E-state index is 0.319. The molecule has 0 radical (unpaired) electrons. The molecular weight excluding hydrogens is 120 g/mol. The summed E-state index contributed by atoms with van der Waals surface area (Å²) in [5, 5.41) is 0. The molecule has 0 aliphatic heterocycles. The van der Waals surface area contributed by atoms with Gasteiger partial charge in [0.2, 0.25) is 0 Å². The van der Waals surface area contributed by atoms with Crippen LogP contribution in [0, 0.1) is 42.9 Å². The van der Waals surface area contributed by atoms with E-state index in [0.717, 1.165) is 0 Å². The van der Waals surface area contributed by atoms with Gasteiger partial charge in [0.25, 0.3) is 0 Å². The third kappa shape index (κ3) is 3.65. The molecule has 0 aliphatic rings. The van der Waals surface area contributed by atoms with Crippen LogP contribution in [-0.4, -0.2) is 0 Å². The first-order valence-corrected chi connectivity index (χ1v) is 3.15. The molecule has 0 saturated carbocycles. The lowest BCUT2D eigenvalue weighted by atomic mass is 9.99. The molecule has 0 heteroatoms. The molecular formula is C10H10. The molecule has 0 rings (SSSR count). The van der Waals surface area contributed by atoms with Crippen LogP contribution in [0.4, 0.5) is 0 Å². The number of hydrogen-bond donors (Lipinski definition) is 0. The molecule has 0 aromatic rings. The van der Waals surface area contributed by atoms with Crippen molar-refractivity contribution in [3.8, 4) is 37.0 Å². The average Bonchev–Trinajstić information content (AvgIpc) is 1.90. The minimum atomic E-state index is 0.319. The van der Waals surface area contributed by atoms with Gasteiger partial charge in [-0.25, -0.2) is 0 Å². The van der Waals surface area contributed by atoms with E-state index < -0.39 is 0 Å². The fraction of sp³-hybridized carbons (Fsp3) is 0.400. The van der Waals surface area contributed by atoms with E-state index in [2.05, 4.69) is 17.8 Å². The van der Waals surface area contributed by atoms with E-state index in [1.165, 1.54) is 0 Å². The van der Waals surface area contributed by atoms with Gasteiger partial charge in [0.1, 0.15) is 0 Å². The second-order valence-corrected chi connectivity index (χ2v) is 2.09. The molecule has 0 nitrogen and oxygen atoms in total. The highest BCUT2D eigenvalue weighted by atomic mass is 14.0. The van der Waals surface area contributed by atoms with Crippen LogP contribution in [0.1, 0.15) is 19.3 Å². The molecule has 0 spiro atoms. The van der Waals surface area contributed by atoms with Crippen molar-refractivity contribution in [3.05, 3.63) is 0 Å². The zero-order chi connectivity index (χ0) is 7.82. The molecule has 0 atom stereocenters.